The number of nitrogens with zero attached hydrogens (tertiary/aromatic N) is 2. The van der Waals surface area contributed by atoms with E-state index in [4.69, 9.17) is 16.3 Å². The summed E-state index contributed by atoms with van der Waals surface area (Å²) in [6.07, 6.45) is 0.874. The lowest BCUT2D eigenvalue weighted by Crippen LogP contribution is -2.30. The Hall–Kier alpha value is -3.57. The first-order chi connectivity index (χ1) is 16.6. The first-order valence-corrected chi connectivity index (χ1v) is 11.9. The van der Waals surface area contributed by atoms with Crippen LogP contribution in [0.5, 0.6) is 5.75 Å². The Labute approximate surface area is 204 Å². The van der Waals surface area contributed by atoms with Crippen LogP contribution in [-0.4, -0.2) is 27.5 Å². The van der Waals surface area contributed by atoms with Gasteiger partial charge in [0.1, 0.15) is 18.1 Å². The number of aryl methyl sites for hydroxylation is 1. The molecule has 1 N–H and O–H groups in total. The lowest BCUT2D eigenvalue weighted by molar-refractivity contribution is 0.0744. The van der Waals surface area contributed by atoms with Crippen molar-refractivity contribution in [3.63, 3.8) is 0 Å². The number of benzene rings is 3. The standard InChI is InChI=1S/C28H26ClN3O2/c1-3-16-32-27(20-12-14-22(15-13-20)34-17-21-6-4-5-7-23(21)29)24-25(30-31-26(24)28(32)33)19-10-8-18(2)9-11-19/h4-15,27H,3,16-17H2,1-2H3,(H,30,31). The van der Waals surface area contributed by atoms with Crippen LogP contribution in [-0.2, 0) is 6.61 Å². The quantitative estimate of drug-likeness (QED) is 0.331. The lowest BCUT2D eigenvalue weighted by Gasteiger charge is -2.26. The van der Waals surface area contributed by atoms with Gasteiger partial charge < -0.3 is 9.64 Å². The molecular formula is C28H26ClN3O2. The van der Waals surface area contributed by atoms with Crippen LogP contribution in [0.4, 0.5) is 0 Å². The van der Waals surface area contributed by atoms with Gasteiger partial charge in [-0.2, -0.15) is 5.10 Å². The molecule has 0 aliphatic carbocycles. The molecule has 0 bridgehead atoms. The van der Waals surface area contributed by atoms with Gasteiger partial charge in [0, 0.05) is 28.3 Å². The highest BCUT2D eigenvalue weighted by molar-refractivity contribution is 6.31. The van der Waals surface area contributed by atoms with Crippen LogP contribution in [0.3, 0.4) is 0 Å². The minimum absolute atomic E-state index is 0.00763. The van der Waals surface area contributed by atoms with E-state index in [2.05, 4.69) is 48.3 Å². The fourth-order valence-electron chi connectivity index (χ4n) is 4.47. The molecule has 172 valence electrons. The second-order valence-electron chi connectivity index (χ2n) is 8.58. The van der Waals surface area contributed by atoms with Crippen LogP contribution in [0.25, 0.3) is 11.3 Å². The minimum Gasteiger partial charge on any atom is -0.489 e. The zero-order valence-corrected chi connectivity index (χ0v) is 20.0. The van der Waals surface area contributed by atoms with Gasteiger partial charge in [-0.05, 0) is 37.1 Å². The van der Waals surface area contributed by atoms with E-state index < -0.39 is 0 Å². The molecular weight excluding hydrogens is 446 g/mol. The van der Waals surface area contributed by atoms with Crippen LogP contribution >= 0.6 is 11.6 Å². The van der Waals surface area contributed by atoms with Crippen molar-refractivity contribution in [2.75, 3.05) is 6.54 Å². The summed E-state index contributed by atoms with van der Waals surface area (Å²) in [4.78, 5) is 15.2. The van der Waals surface area contributed by atoms with Crippen molar-refractivity contribution >= 4 is 17.5 Å². The van der Waals surface area contributed by atoms with Crippen molar-refractivity contribution in [1.29, 1.82) is 0 Å². The highest BCUT2D eigenvalue weighted by Gasteiger charge is 2.41. The third-order valence-electron chi connectivity index (χ3n) is 6.20. The summed E-state index contributed by atoms with van der Waals surface area (Å²) in [7, 11) is 0. The summed E-state index contributed by atoms with van der Waals surface area (Å²) in [5, 5.41) is 8.24. The number of aromatic amines is 1. The summed E-state index contributed by atoms with van der Waals surface area (Å²) >= 11 is 6.25. The summed E-state index contributed by atoms with van der Waals surface area (Å²) in [5.41, 5.74) is 6.49. The van der Waals surface area contributed by atoms with Crippen LogP contribution in [0.1, 0.15) is 52.1 Å². The van der Waals surface area contributed by atoms with Crippen LogP contribution in [0.2, 0.25) is 5.02 Å². The summed E-state index contributed by atoms with van der Waals surface area (Å²) in [6, 6.07) is 23.7. The van der Waals surface area contributed by atoms with Gasteiger partial charge in [0.25, 0.3) is 5.91 Å². The molecule has 1 aromatic heterocycles. The van der Waals surface area contributed by atoms with Gasteiger partial charge in [-0.1, -0.05) is 78.7 Å². The minimum atomic E-state index is -0.199. The maximum atomic E-state index is 13.2. The van der Waals surface area contributed by atoms with E-state index in [1.165, 1.54) is 5.56 Å². The smallest absolute Gasteiger partial charge is 0.273 e. The molecule has 34 heavy (non-hydrogen) atoms. The topological polar surface area (TPSA) is 58.2 Å². The van der Waals surface area contributed by atoms with Crippen LogP contribution in [0.15, 0.2) is 72.8 Å². The fourth-order valence-corrected chi connectivity index (χ4v) is 4.66. The Morgan fingerprint density at radius 3 is 2.47 bits per heavy atom. The number of hydrogen-bond acceptors (Lipinski definition) is 3. The number of fused-ring (bicyclic) bond motifs is 1. The van der Waals surface area contributed by atoms with Crippen molar-refractivity contribution in [3.05, 3.63) is 106 Å². The molecule has 1 unspecified atom stereocenters. The highest BCUT2D eigenvalue weighted by atomic mass is 35.5. The molecule has 5 rings (SSSR count). The Morgan fingerprint density at radius 1 is 1.03 bits per heavy atom. The highest BCUT2D eigenvalue weighted by Crippen LogP contribution is 2.43. The Balaban J connectivity index is 1.46. The molecule has 6 heteroatoms. The zero-order valence-electron chi connectivity index (χ0n) is 19.2. The molecule has 0 saturated carbocycles. The molecule has 0 radical (unpaired) electrons. The SMILES string of the molecule is CCCN1C(=O)c2[nH]nc(-c3ccc(C)cc3)c2C1c1ccc(OCc2ccccc2Cl)cc1. The van der Waals surface area contributed by atoms with E-state index in [1.54, 1.807) is 0 Å². The summed E-state index contributed by atoms with van der Waals surface area (Å²) < 4.78 is 5.96. The van der Waals surface area contributed by atoms with Gasteiger partial charge in [-0.25, -0.2) is 0 Å². The molecule has 4 aromatic rings. The predicted molar refractivity (Wildman–Crippen MR) is 134 cm³/mol. The number of halogens is 1. The van der Waals surface area contributed by atoms with E-state index in [0.717, 1.165) is 40.1 Å². The number of nitrogens with one attached hydrogen (secondary N) is 1. The van der Waals surface area contributed by atoms with Crippen LogP contribution < -0.4 is 4.74 Å². The van der Waals surface area contributed by atoms with Gasteiger partial charge >= 0.3 is 0 Å². The van der Waals surface area contributed by atoms with Gasteiger partial charge in [-0.15, -0.1) is 0 Å². The Bertz CT molecular complexity index is 1310. The number of rotatable bonds is 7. The number of ether oxygens (including phenoxy) is 1. The molecule has 5 nitrogen and oxygen atoms in total. The molecule has 2 heterocycles. The predicted octanol–water partition coefficient (Wildman–Crippen LogP) is 6.57. The third-order valence-corrected chi connectivity index (χ3v) is 6.57. The fraction of sp³-hybridized carbons (Fsp3) is 0.214. The van der Waals surface area contributed by atoms with E-state index in [0.29, 0.717) is 23.9 Å². The van der Waals surface area contributed by atoms with E-state index in [9.17, 15) is 4.79 Å². The number of amides is 1. The average molecular weight is 472 g/mol. The van der Waals surface area contributed by atoms with Crippen molar-refractivity contribution in [2.24, 2.45) is 0 Å². The van der Waals surface area contributed by atoms with Crippen LogP contribution in [0, 0.1) is 6.92 Å². The number of aromatic nitrogens is 2. The average Bonchev–Trinajstić information content (AvgIpc) is 3.39. The number of carbonyl (C=O) groups is 1. The van der Waals surface area contributed by atoms with E-state index in [-0.39, 0.29) is 11.9 Å². The van der Waals surface area contributed by atoms with Crippen molar-refractivity contribution in [3.8, 4) is 17.0 Å². The molecule has 1 atom stereocenters. The maximum absolute atomic E-state index is 13.2. The second-order valence-corrected chi connectivity index (χ2v) is 8.98. The first kappa shape index (κ1) is 22.2. The van der Waals surface area contributed by atoms with E-state index >= 15 is 0 Å². The first-order valence-electron chi connectivity index (χ1n) is 11.5. The molecule has 1 amide bonds. The Morgan fingerprint density at radius 2 is 1.76 bits per heavy atom. The number of hydrogen-bond donors (Lipinski definition) is 1. The molecule has 0 spiro atoms. The monoisotopic (exact) mass is 471 g/mol. The number of carbonyl (C=O) groups excluding carboxylic acids is 1. The Kier molecular flexibility index (Phi) is 6.12. The van der Waals surface area contributed by atoms with Crippen molar-refractivity contribution < 1.29 is 9.53 Å². The second kappa shape index (κ2) is 9.35. The number of H-pyrrole nitrogens is 1. The third kappa shape index (κ3) is 4.08. The largest absolute Gasteiger partial charge is 0.489 e. The molecule has 3 aromatic carbocycles. The molecule has 1 aliphatic heterocycles. The molecule has 0 fully saturated rings. The van der Waals surface area contributed by atoms with Crippen molar-refractivity contribution in [1.82, 2.24) is 15.1 Å². The van der Waals surface area contributed by atoms with Gasteiger partial charge in [-0.3, -0.25) is 9.89 Å². The van der Waals surface area contributed by atoms with Gasteiger partial charge in [0.15, 0.2) is 0 Å². The summed E-state index contributed by atoms with van der Waals surface area (Å²) in [5.74, 6) is 0.743. The van der Waals surface area contributed by atoms with E-state index in [1.807, 2.05) is 53.4 Å². The van der Waals surface area contributed by atoms with Crippen molar-refractivity contribution in [2.45, 2.75) is 32.9 Å². The normalized spacial score (nSPS) is 15.0. The summed E-state index contributed by atoms with van der Waals surface area (Å²) in [6.45, 7) is 5.21. The molecule has 0 saturated heterocycles. The van der Waals surface area contributed by atoms with Gasteiger partial charge in [0.2, 0.25) is 0 Å². The van der Waals surface area contributed by atoms with Gasteiger partial charge in [0.05, 0.1) is 11.7 Å². The maximum Gasteiger partial charge on any atom is 0.273 e. The zero-order chi connectivity index (χ0) is 23.7. The molecule has 1 aliphatic rings. The lowest BCUT2D eigenvalue weighted by atomic mass is 9.95.